The van der Waals surface area contributed by atoms with Crippen molar-refractivity contribution in [3.05, 3.63) is 126 Å². The number of hydrogen-bond acceptors (Lipinski definition) is 3. The Morgan fingerprint density at radius 1 is 0.633 bits per heavy atom. The van der Waals surface area contributed by atoms with E-state index in [1.165, 1.54) is 0 Å². The first-order valence-electron chi connectivity index (χ1n) is 9.58. The van der Waals surface area contributed by atoms with Crippen LogP contribution in [0.1, 0.15) is 16.7 Å². The normalized spacial score (nSPS) is 10.5. The molecule has 0 bridgehead atoms. The van der Waals surface area contributed by atoms with Crippen LogP contribution >= 0.6 is 11.6 Å². The van der Waals surface area contributed by atoms with Crippen LogP contribution in [0.25, 0.3) is 0 Å². The van der Waals surface area contributed by atoms with E-state index in [0.717, 1.165) is 16.7 Å². The van der Waals surface area contributed by atoms with Gasteiger partial charge in [0.25, 0.3) is 0 Å². The summed E-state index contributed by atoms with van der Waals surface area (Å²) in [5.41, 5.74) is 2.80. The molecule has 4 heteroatoms. The molecule has 30 heavy (non-hydrogen) atoms. The molecule has 1 heterocycles. The smallest absolute Gasteiger partial charge is 0.166 e. The number of methoxy groups -OCH3 is 2. The van der Waals surface area contributed by atoms with Crippen molar-refractivity contribution >= 4 is 11.6 Å². The van der Waals surface area contributed by atoms with Crippen molar-refractivity contribution < 1.29 is 9.47 Å². The molecule has 4 aromatic rings. The van der Waals surface area contributed by atoms with E-state index in [2.05, 4.69) is 4.98 Å². The Hall–Kier alpha value is -3.30. The zero-order valence-electron chi connectivity index (χ0n) is 17.0. The van der Waals surface area contributed by atoms with Crippen LogP contribution in [0.3, 0.4) is 0 Å². The highest BCUT2D eigenvalue weighted by molar-refractivity contribution is 6.28. The Bertz CT molecular complexity index is 958. The zero-order chi connectivity index (χ0) is 21.2. The Labute approximate surface area is 182 Å². The number of para-hydroxylation sites is 1. The van der Waals surface area contributed by atoms with Crippen LogP contribution in [0.2, 0.25) is 0 Å². The lowest BCUT2D eigenvalue weighted by Crippen LogP contribution is -2.23. The molecule has 0 atom stereocenters. The van der Waals surface area contributed by atoms with Crippen LogP contribution in [0.15, 0.2) is 109 Å². The maximum Gasteiger partial charge on any atom is 0.166 e. The second-order valence-corrected chi connectivity index (χ2v) is 7.02. The maximum absolute atomic E-state index is 7.29. The minimum atomic E-state index is -0.873. The molecule has 0 amide bonds. The minimum Gasteiger partial charge on any atom is -0.493 e. The number of ether oxygens (including phenoxy) is 2. The van der Waals surface area contributed by atoms with Crippen molar-refractivity contribution in [3.63, 3.8) is 0 Å². The largest absolute Gasteiger partial charge is 0.493 e. The highest BCUT2D eigenvalue weighted by Gasteiger charge is 2.37. The van der Waals surface area contributed by atoms with Gasteiger partial charge in [0.1, 0.15) is 4.87 Å². The lowest BCUT2D eigenvalue weighted by atomic mass is 9.83. The molecule has 0 aliphatic carbocycles. The van der Waals surface area contributed by atoms with Gasteiger partial charge in [-0.15, -0.1) is 11.6 Å². The first-order valence-corrected chi connectivity index (χ1v) is 9.96. The highest BCUT2D eigenvalue weighted by atomic mass is 35.5. The Morgan fingerprint density at radius 2 is 1.17 bits per heavy atom. The average molecular weight is 418 g/mol. The van der Waals surface area contributed by atoms with Gasteiger partial charge < -0.3 is 9.47 Å². The van der Waals surface area contributed by atoms with E-state index in [1.807, 2.05) is 97.1 Å². The van der Waals surface area contributed by atoms with Crippen molar-refractivity contribution in [2.45, 2.75) is 4.87 Å². The predicted molar refractivity (Wildman–Crippen MR) is 122 cm³/mol. The van der Waals surface area contributed by atoms with Gasteiger partial charge in [0.05, 0.1) is 14.2 Å². The van der Waals surface area contributed by atoms with E-state index in [4.69, 9.17) is 21.1 Å². The number of nitrogens with zero attached hydrogens (tertiary/aromatic N) is 1. The predicted octanol–water partition coefficient (Wildman–Crippen LogP) is 6.32. The Balaban J connectivity index is 0.000000367. The summed E-state index contributed by atoms with van der Waals surface area (Å²) in [6.45, 7) is 0. The molecule has 0 aliphatic heterocycles. The second-order valence-electron chi connectivity index (χ2n) is 6.46. The number of hydrogen-bond donors (Lipinski definition) is 0. The molecule has 0 aliphatic rings. The van der Waals surface area contributed by atoms with Crippen molar-refractivity contribution in [1.82, 2.24) is 4.98 Å². The van der Waals surface area contributed by atoms with Gasteiger partial charge in [-0.25, -0.2) is 0 Å². The fraction of sp³-hybridized carbons (Fsp3) is 0.115. The first-order chi connectivity index (χ1) is 14.7. The fourth-order valence-corrected chi connectivity index (χ4v) is 3.69. The van der Waals surface area contributed by atoms with E-state index < -0.39 is 4.87 Å². The monoisotopic (exact) mass is 417 g/mol. The minimum absolute atomic E-state index is 0.641. The molecule has 1 aromatic heterocycles. The number of alkyl halides is 1. The van der Waals surface area contributed by atoms with E-state index >= 15 is 0 Å². The molecule has 0 fully saturated rings. The van der Waals surface area contributed by atoms with E-state index in [9.17, 15) is 0 Å². The van der Waals surface area contributed by atoms with Gasteiger partial charge in [-0.3, -0.25) is 4.98 Å². The van der Waals surface area contributed by atoms with Crippen molar-refractivity contribution in [2.75, 3.05) is 14.2 Å². The number of halogens is 1. The maximum atomic E-state index is 7.29. The van der Waals surface area contributed by atoms with Gasteiger partial charge in [-0.05, 0) is 29.3 Å². The standard InChI is InChI=1S/C21H19ClO2.C5H5N/c1-23-19-15-9-14-18(20(19)24-2)21(22,16-10-5-3-6-11-16)17-12-7-4-8-13-17;1-2-4-6-5-3-1/h3-15H,1-2H3;1-5H. The summed E-state index contributed by atoms with van der Waals surface area (Å²) >= 11 is 7.29. The molecule has 0 saturated carbocycles. The molecule has 0 unspecified atom stereocenters. The molecular weight excluding hydrogens is 394 g/mol. The Kier molecular flexibility index (Phi) is 7.47. The molecule has 0 saturated heterocycles. The summed E-state index contributed by atoms with van der Waals surface area (Å²) in [4.78, 5) is 2.91. The van der Waals surface area contributed by atoms with Gasteiger partial charge in [-0.2, -0.15) is 0 Å². The van der Waals surface area contributed by atoms with Crippen LogP contribution in [0.4, 0.5) is 0 Å². The first kappa shape index (κ1) is 21.4. The van der Waals surface area contributed by atoms with Gasteiger partial charge in [0, 0.05) is 18.0 Å². The summed E-state index contributed by atoms with van der Waals surface area (Å²) in [6, 6.07) is 31.5. The third-order valence-electron chi connectivity index (χ3n) is 4.68. The third kappa shape index (κ3) is 4.64. The van der Waals surface area contributed by atoms with Gasteiger partial charge >= 0.3 is 0 Å². The molecule has 3 nitrogen and oxygen atoms in total. The molecule has 3 aromatic carbocycles. The summed E-state index contributed by atoms with van der Waals surface area (Å²) < 4.78 is 11.1. The van der Waals surface area contributed by atoms with Crippen LogP contribution < -0.4 is 9.47 Å². The fourth-order valence-electron chi connectivity index (χ4n) is 3.28. The van der Waals surface area contributed by atoms with E-state index in [-0.39, 0.29) is 0 Å². The number of pyridine rings is 1. The summed E-state index contributed by atoms with van der Waals surface area (Å²) in [5.74, 6) is 1.30. The summed E-state index contributed by atoms with van der Waals surface area (Å²) in [5, 5.41) is 0. The number of benzene rings is 3. The highest BCUT2D eigenvalue weighted by Crippen LogP contribution is 2.48. The number of rotatable bonds is 5. The molecular formula is C26H24ClNO2. The topological polar surface area (TPSA) is 31.4 Å². The quantitative estimate of drug-likeness (QED) is 0.281. The third-order valence-corrected chi connectivity index (χ3v) is 5.32. The molecule has 0 spiro atoms. The summed E-state index contributed by atoms with van der Waals surface area (Å²) in [7, 11) is 3.26. The number of aromatic nitrogens is 1. The van der Waals surface area contributed by atoms with Crippen LogP contribution in [0, 0.1) is 0 Å². The van der Waals surface area contributed by atoms with E-state index in [1.54, 1.807) is 26.6 Å². The van der Waals surface area contributed by atoms with Crippen LogP contribution in [-0.2, 0) is 4.87 Å². The molecule has 4 rings (SSSR count). The van der Waals surface area contributed by atoms with Crippen molar-refractivity contribution in [3.8, 4) is 11.5 Å². The lowest BCUT2D eigenvalue weighted by Gasteiger charge is -2.31. The van der Waals surface area contributed by atoms with Crippen LogP contribution in [0.5, 0.6) is 11.5 Å². The van der Waals surface area contributed by atoms with Crippen LogP contribution in [-0.4, -0.2) is 19.2 Å². The van der Waals surface area contributed by atoms with E-state index in [0.29, 0.717) is 11.5 Å². The molecule has 152 valence electrons. The Morgan fingerprint density at radius 3 is 1.57 bits per heavy atom. The van der Waals surface area contributed by atoms with Crippen molar-refractivity contribution in [1.29, 1.82) is 0 Å². The average Bonchev–Trinajstić information content (AvgIpc) is 2.85. The zero-order valence-corrected chi connectivity index (χ0v) is 17.8. The van der Waals surface area contributed by atoms with Crippen molar-refractivity contribution in [2.24, 2.45) is 0 Å². The van der Waals surface area contributed by atoms with Gasteiger partial charge in [0.2, 0.25) is 0 Å². The SMILES string of the molecule is COc1cccc(C(Cl)(c2ccccc2)c2ccccc2)c1OC.c1ccncc1. The molecule has 0 N–H and O–H groups in total. The summed E-state index contributed by atoms with van der Waals surface area (Å²) in [6.07, 6.45) is 3.50. The molecule has 0 radical (unpaired) electrons. The lowest BCUT2D eigenvalue weighted by molar-refractivity contribution is 0.350. The van der Waals surface area contributed by atoms with Gasteiger partial charge in [-0.1, -0.05) is 78.9 Å². The second kappa shape index (κ2) is 10.5. The van der Waals surface area contributed by atoms with Gasteiger partial charge in [0.15, 0.2) is 11.5 Å².